The van der Waals surface area contributed by atoms with Crippen LogP contribution in [0.25, 0.3) is 0 Å². The molecule has 0 rings (SSSR count). The lowest BCUT2D eigenvalue weighted by atomic mass is 10.0. The minimum absolute atomic E-state index is 0.802. The number of carbonyl (C=O) groups is 2. The third kappa shape index (κ3) is 18.0. The molecule has 0 amide bonds. The summed E-state index contributed by atoms with van der Waals surface area (Å²) in [6.45, 7) is 2.27. The Balaban J connectivity index is 3.31. The SMILES string of the molecule is CCCCCCCCCCCCCCCCCC=CC=CC(=O)C(O)C(=O)O. The Kier molecular flexibility index (Phi) is 19.3. The van der Waals surface area contributed by atoms with E-state index in [0.29, 0.717) is 0 Å². The largest absolute Gasteiger partial charge is 0.479 e. The van der Waals surface area contributed by atoms with Crippen LogP contribution in [-0.2, 0) is 9.59 Å². The van der Waals surface area contributed by atoms with E-state index in [4.69, 9.17) is 10.2 Å². The van der Waals surface area contributed by atoms with Gasteiger partial charge in [-0.05, 0) is 18.9 Å². The van der Waals surface area contributed by atoms with Crippen LogP contribution in [0.5, 0.6) is 0 Å². The summed E-state index contributed by atoms with van der Waals surface area (Å²) in [7, 11) is 0. The van der Waals surface area contributed by atoms with Crippen LogP contribution in [-0.4, -0.2) is 28.1 Å². The molecule has 0 aromatic carbocycles. The zero-order valence-electron chi connectivity index (χ0n) is 17.9. The molecule has 4 heteroatoms. The van der Waals surface area contributed by atoms with Gasteiger partial charge in [0.05, 0.1) is 0 Å². The van der Waals surface area contributed by atoms with Crippen molar-refractivity contribution in [2.45, 2.75) is 116 Å². The van der Waals surface area contributed by atoms with Crippen molar-refractivity contribution >= 4 is 11.8 Å². The second-order valence-corrected chi connectivity index (χ2v) is 7.67. The van der Waals surface area contributed by atoms with Gasteiger partial charge in [0.2, 0.25) is 6.10 Å². The summed E-state index contributed by atoms with van der Waals surface area (Å²) in [4.78, 5) is 21.6. The molecule has 0 aliphatic heterocycles. The molecule has 4 nitrogen and oxygen atoms in total. The van der Waals surface area contributed by atoms with E-state index in [1.54, 1.807) is 6.08 Å². The maximum atomic E-state index is 11.2. The number of allylic oxidation sites excluding steroid dienone is 3. The van der Waals surface area contributed by atoms with Crippen LogP contribution in [0, 0.1) is 0 Å². The molecule has 0 aromatic heterocycles. The average Bonchev–Trinajstić information content (AvgIpc) is 2.68. The Bertz CT molecular complexity index is 440. The van der Waals surface area contributed by atoms with Gasteiger partial charge in [0.1, 0.15) is 0 Å². The second kappa shape index (κ2) is 20.3. The molecule has 0 bridgehead atoms. The molecule has 0 aliphatic carbocycles. The number of carbonyl (C=O) groups excluding carboxylic acids is 1. The van der Waals surface area contributed by atoms with Crippen LogP contribution in [0.1, 0.15) is 110 Å². The minimum Gasteiger partial charge on any atom is -0.479 e. The molecule has 1 unspecified atom stereocenters. The topological polar surface area (TPSA) is 74.6 Å². The van der Waals surface area contributed by atoms with Gasteiger partial charge in [0, 0.05) is 0 Å². The molecule has 1 atom stereocenters. The summed E-state index contributed by atoms with van der Waals surface area (Å²) in [5.74, 6) is -2.32. The first-order valence-corrected chi connectivity index (χ1v) is 11.4. The molecule has 2 N–H and O–H groups in total. The highest BCUT2D eigenvalue weighted by molar-refractivity contribution is 6.06. The number of hydrogen-bond acceptors (Lipinski definition) is 3. The number of aliphatic hydroxyl groups excluding tert-OH is 1. The smallest absolute Gasteiger partial charge is 0.340 e. The van der Waals surface area contributed by atoms with E-state index >= 15 is 0 Å². The van der Waals surface area contributed by atoms with Crippen LogP contribution in [0.3, 0.4) is 0 Å². The first-order valence-electron chi connectivity index (χ1n) is 11.4. The highest BCUT2D eigenvalue weighted by Crippen LogP contribution is 2.13. The van der Waals surface area contributed by atoms with Crippen LogP contribution in [0.2, 0.25) is 0 Å². The summed E-state index contributed by atoms with van der Waals surface area (Å²) in [6, 6.07) is 0. The summed E-state index contributed by atoms with van der Waals surface area (Å²) in [6.07, 6.45) is 25.6. The van der Waals surface area contributed by atoms with E-state index in [-0.39, 0.29) is 0 Å². The van der Waals surface area contributed by atoms with Crippen molar-refractivity contribution in [3.05, 3.63) is 24.3 Å². The monoisotopic (exact) mass is 394 g/mol. The van der Waals surface area contributed by atoms with E-state index in [2.05, 4.69) is 6.92 Å². The Morgan fingerprint density at radius 1 is 0.714 bits per heavy atom. The Morgan fingerprint density at radius 3 is 1.57 bits per heavy atom. The molecule has 0 radical (unpaired) electrons. The quantitative estimate of drug-likeness (QED) is 0.109. The van der Waals surface area contributed by atoms with Crippen LogP contribution in [0.15, 0.2) is 24.3 Å². The number of carboxylic acid groups (broad SMARTS) is 1. The summed E-state index contributed by atoms with van der Waals surface area (Å²) in [5, 5.41) is 17.5. The number of carboxylic acids is 1. The molecular formula is C24H42O4. The van der Waals surface area contributed by atoms with Gasteiger partial charge in [-0.15, -0.1) is 0 Å². The maximum absolute atomic E-state index is 11.2. The lowest BCUT2D eigenvalue weighted by Gasteiger charge is -2.03. The van der Waals surface area contributed by atoms with E-state index in [0.717, 1.165) is 18.9 Å². The van der Waals surface area contributed by atoms with Gasteiger partial charge in [0.15, 0.2) is 5.78 Å². The zero-order chi connectivity index (χ0) is 20.9. The average molecular weight is 395 g/mol. The third-order valence-corrected chi connectivity index (χ3v) is 4.99. The zero-order valence-corrected chi connectivity index (χ0v) is 17.9. The lowest BCUT2D eigenvalue weighted by Crippen LogP contribution is -2.27. The standard InChI is InChI=1S/C24H42O4/c1-2-3-4-5-6-7-8-9-10-11-12-13-14-15-16-17-18-19-20-21-22(25)23(26)24(27)28/h18-21,23,26H,2-17H2,1H3,(H,27,28). The maximum Gasteiger partial charge on any atom is 0.340 e. The minimum atomic E-state index is -1.96. The van der Waals surface area contributed by atoms with Gasteiger partial charge in [-0.2, -0.15) is 0 Å². The number of ketones is 1. The summed E-state index contributed by atoms with van der Waals surface area (Å²) >= 11 is 0. The van der Waals surface area contributed by atoms with Gasteiger partial charge in [-0.3, -0.25) is 4.79 Å². The highest BCUT2D eigenvalue weighted by Gasteiger charge is 2.19. The molecule has 28 heavy (non-hydrogen) atoms. The number of rotatable bonds is 20. The third-order valence-electron chi connectivity index (χ3n) is 4.99. The van der Waals surface area contributed by atoms with Crippen molar-refractivity contribution < 1.29 is 19.8 Å². The van der Waals surface area contributed by atoms with E-state index in [9.17, 15) is 9.59 Å². The summed E-state index contributed by atoms with van der Waals surface area (Å²) in [5.41, 5.74) is 0. The normalized spacial score (nSPS) is 12.8. The van der Waals surface area contributed by atoms with Crippen molar-refractivity contribution in [1.29, 1.82) is 0 Å². The first kappa shape index (κ1) is 26.6. The molecule has 0 aliphatic rings. The van der Waals surface area contributed by atoms with Crippen molar-refractivity contribution in [3.8, 4) is 0 Å². The summed E-state index contributed by atoms with van der Waals surface area (Å²) < 4.78 is 0. The van der Waals surface area contributed by atoms with Gasteiger partial charge >= 0.3 is 5.97 Å². The fraction of sp³-hybridized carbons (Fsp3) is 0.750. The lowest BCUT2D eigenvalue weighted by molar-refractivity contribution is -0.150. The van der Waals surface area contributed by atoms with Crippen molar-refractivity contribution in [3.63, 3.8) is 0 Å². The van der Waals surface area contributed by atoms with E-state index in [1.807, 2.05) is 6.08 Å². The van der Waals surface area contributed by atoms with Crippen LogP contribution >= 0.6 is 0 Å². The molecule has 0 heterocycles. The van der Waals surface area contributed by atoms with Gasteiger partial charge in [-0.25, -0.2) is 4.79 Å². The van der Waals surface area contributed by atoms with Gasteiger partial charge < -0.3 is 10.2 Å². The molecule has 0 fully saturated rings. The predicted octanol–water partition coefficient (Wildman–Crippen LogP) is 6.37. The Morgan fingerprint density at radius 2 is 1.14 bits per heavy atom. The highest BCUT2D eigenvalue weighted by atomic mass is 16.4. The molecule has 0 saturated carbocycles. The van der Waals surface area contributed by atoms with Crippen molar-refractivity contribution in [1.82, 2.24) is 0 Å². The van der Waals surface area contributed by atoms with Crippen molar-refractivity contribution in [2.24, 2.45) is 0 Å². The molecule has 0 aromatic rings. The second-order valence-electron chi connectivity index (χ2n) is 7.67. The number of hydrogen-bond donors (Lipinski definition) is 2. The number of unbranched alkanes of at least 4 members (excludes halogenated alkanes) is 15. The number of aliphatic hydroxyl groups is 1. The van der Waals surface area contributed by atoms with Crippen molar-refractivity contribution in [2.75, 3.05) is 0 Å². The van der Waals surface area contributed by atoms with E-state index in [1.165, 1.54) is 96.0 Å². The molecule has 0 saturated heterocycles. The molecule has 162 valence electrons. The van der Waals surface area contributed by atoms with Crippen LogP contribution < -0.4 is 0 Å². The van der Waals surface area contributed by atoms with Gasteiger partial charge in [-0.1, -0.05) is 115 Å². The number of aliphatic carboxylic acids is 1. The fourth-order valence-electron chi connectivity index (χ4n) is 3.17. The first-order chi connectivity index (χ1) is 13.6. The van der Waals surface area contributed by atoms with E-state index < -0.39 is 17.9 Å². The predicted molar refractivity (Wildman–Crippen MR) is 116 cm³/mol. The molecule has 0 spiro atoms. The fourth-order valence-corrected chi connectivity index (χ4v) is 3.17. The Labute approximate surface area is 172 Å². The Hall–Kier alpha value is -1.42. The van der Waals surface area contributed by atoms with Gasteiger partial charge in [0.25, 0.3) is 0 Å². The molecular weight excluding hydrogens is 352 g/mol. The van der Waals surface area contributed by atoms with Crippen LogP contribution in [0.4, 0.5) is 0 Å².